The first kappa shape index (κ1) is 28.6. The van der Waals surface area contributed by atoms with Crippen LogP contribution in [-0.4, -0.2) is 9.97 Å². The van der Waals surface area contributed by atoms with E-state index in [-0.39, 0.29) is 0 Å². The fraction of sp³-hybridized carbons (Fsp3) is 0. The molecule has 0 atom stereocenters. The van der Waals surface area contributed by atoms with Gasteiger partial charge in [-0.2, -0.15) is 0 Å². The van der Waals surface area contributed by atoms with Gasteiger partial charge in [0.2, 0.25) is 0 Å². The van der Waals surface area contributed by atoms with E-state index in [0.29, 0.717) is 5.82 Å². The monoisotopic (exact) mass is 626 g/mol. The van der Waals surface area contributed by atoms with Crippen LogP contribution in [0.15, 0.2) is 186 Å². The molecule has 9 aromatic rings. The summed E-state index contributed by atoms with van der Waals surface area (Å²) in [5.41, 5.74) is 13.2. The minimum Gasteiger partial charge on any atom is -0.455 e. The van der Waals surface area contributed by atoms with Crippen LogP contribution < -0.4 is 0 Å². The van der Waals surface area contributed by atoms with E-state index in [9.17, 15) is 0 Å². The summed E-state index contributed by atoms with van der Waals surface area (Å²) in [4.78, 5) is 10.3. The van der Waals surface area contributed by atoms with Crippen molar-refractivity contribution < 1.29 is 4.42 Å². The number of benzene rings is 7. The molecule has 0 aliphatic rings. The summed E-state index contributed by atoms with van der Waals surface area (Å²) in [6, 6.07) is 63.3. The van der Waals surface area contributed by atoms with Crippen molar-refractivity contribution in [3.63, 3.8) is 0 Å². The Bertz CT molecular complexity index is 2570. The molecular formula is C46H30N2O. The fourth-order valence-corrected chi connectivity index (χ4v) is 6.63. The maximum atomic E-state index is 6.50. The lowest BCUT2D eigenvalue weighted by Crippen LogP contribution is -1.96. The molecule has 0 radical (unpaired) electrons. The summed E-state index contributed by atoms with van der Waals surface area (Å²) >= 11 is 0. The number of aromatic nitrogens is 2. The van der Waals surface area contributed by atoms with Crippen LogP contribution in [0.4, 0.5) is 0 Å². The lowest BCUT2D eigenvalue weighted by Gasteiger charge is -2.13. The van der Waals surface area contributed by atoms with Crippen LogP contribution in [0.3, 0.4) is 0 Å². The van der Waals surface area contributed by atoms with Gasteiger partial charge in [-0.05, 0) is 58.1 Å². The Hall–Kier alpha value is -6.58. The van der Waals surface area contributed by atoms with Crippen molar-refractivity contribution in [3.8, 4) is 67.3 Å². The van der Waals surface area contributed by atoms with Crippen molar-refractivity contribution in [1.29, 1.82) is 0 Å². The topological polar surface area (TPSA) is 38.9 Å². The normalized spacial score (nSPS) is 11.3. The van der Waals surface area contributed by atoms with E-state index in [1.54, 1.807) is 0 Å². The summed E-state index contributed by atoms with van der Waals surface area (Å²) in [7, 11) is 0. The fourth-order valence-electron chi connectivity index (χ4n) is 6.63. The summed E-state index contributed by atoms with van der Waals surface area (Å²) < 4.78 is 6.50. The number of nitrogens with zero attached hydrogens (tertiary/aromatic N) is 2. The maximum absolute atomic E-state index is 6.50. The third kappa shape index (κ3) is 5.48. The van der Waals surface area contributed by atoms with Gasteiger partial charge in [0.15, 0.2) is 5.82 Å². The second-order valence-electron chi connectivity index (χ2n) is 12.2. The number of hydrogen-bond donors (Lipinski definition) is 0. The van der Waals surface area contributed by atoms with E-state index in [2.05, 4.69) is 146 Å². The highest BCUT2D eigenvalue weighted by Crippen LogP contribution is 2.39. The summed E-state index contributed by atoms with van der Waals surface area (Å²) in [5.74, 6) is 0.686. The standard InChI is InChI=1S/C46H30N2O/c1-4-13-31(14-5-1)33-23-25-34(26-24-33)42-30-43(48-46(47-42)35-17-8-3-9-18-35)38-28-36(32-15-6-2-7-16-32)27-37(29-38)39-20-12-21-41-40-19-10-11-22-44(40)49-45(39)41/h1-30H. The van der Waals surface area contributed by atoms with E-state index < -0.39 is 0 Å². The second kappa shape index (κ2) is 12.2. The van der Waals surface area contributed by atoms with Crippen LogP contribution in [0.1, 0.15) is 0 Å². The SMILES string of the molecule is c1ccc(-c2ccc(-c3cc(-c4cc(-c5ccccc5)cc(-c5cccc6c5oc5ccccc56)c4)nc(-c4ccccc4)n3)cc2)cc1. The van der Waals surface area contributed by atoms with Crippen LogP contribution in [0.5, 0.6) is 0 Å². The van der Waals surface area contributed by atoms with Crippen LogP contribution in [0, 0.1) is 0 Å². The molecule has 0 N–H and O–H groups in total. The van der Waals surface area contributed by atoms with Crippen LogP contribution >= 0.6 is 0 Å². The Kier molecular flexibility index (Phi) is 7.14. The first-order valence-electron chi connectivity index (χ1n) is 16.5. The third-order valence-electron chi connectivity index (χ3n) is 9.10. The quantitative estimate of drug-likeness (QED) is 0.184. The molecule has 0 unspecified atom stereocenters. The third-order valence-corrected chi connectivity index (χ3v) is 9.10. The zero-order chi connectivity index (χ0) is 32.6. The van der Waals surface area contributed by atoms with E-state index >= 15 is 0 Å². The van der Waals surface area contributed by atoms with E-state index in [0.717, 1.165) is 72.3 Å². The molecule has 9 rings (SSSR count). The first-order chi connectivity index (χ1) is 24.3. The molecule has 0 aliphatic carbocycles. The van der Waals surface area contributed by atoms with Gasteiger partial charge in [-0.3, -0.25) is 0 Å². The highest BCUT2D eigenvalue weighted by atomic mass is 16.3. The average Bonchev–Trinajstić information content (AvgIpc) is 3.58. The number of para-hydroxylation sites is 2. The molecule has 0 saturated heterocycles. The predicted molar refractivity (Wildman–Crippen MR) is 202 cm³/mol. The lowest BCUT2D eigenvalue weighted by atomic mass is 9.93. The smallest absolute Gasteiger partial charge is 0.160 e. The van der Waals surface area contributed by atoms with Gasteiger partial charge in [-0.1, -0.05) is 152 Å². The van der Waals surface area contributed by atoms with E-state index in [4.69, 9.17) is 14.4 Å². The molecule has 2 heterocycles. The second-order valence-corrected chi connectivity index (χ2v) is 12.2. The van der Waals surface area contributed by atoms with Crippen molar-refractivity contribution in [2.24, 2.45) is 0 Å². The zero-order valence-electron chi connectivity index (χ0n) is 26.6. The molecule has 0 spiro atoms. The Balaban J connectivity index is 1.24. The van der Waals surface area contributed by atoms with Gasteiger partial charge in [0.05, 0.1) is 11.4 Å². The van der Waals surface area contributed by atoms with Crippen LogP contribution in [-0.2, 0) is 0 Å². The number of hydrogen-bond acceptors (Lipinski definition) is 3. The molecule has 230 valence electrons. The van der Waals surface area contributed by atoms with Crippen molar-refractivity contribution >= 4 is 21.9 Å². The van der Waals surface area contributed by atoms with Gasteiger partial charge >= 0.3 is 0 Å². The molecule has 0 fully saturated rings. The average molecular weight is 627 g/mol. The number of furan rings is 1. The molecule has 3 heteroatoms. The van der Waals surface area contributed by atoms with E-state index in [1.165, 1.54) is 11.1 Å². The largest absolute Gasteiger partial charge is 0.455 e. The number of fused-ring (bicyclic) bond motifs is 3. The van der Waals surface area contributed by atoms with Gasteiger partial charge in [0.1, 0.15) is 11.2 Å². The molecule has 0 amide bonds. The van der Waals surface area contributed by atoms with Crippen LogP contribution in [0.25, 0.3) is 89.2 Å². The van der Waals surface area contributed by atoms with Gasteiger partial charge in [-0.15, -0.1) is 0 Å². The zero-order valence-corrected chi connectivity index (χ0v) is 26.6. The molecule has 49 heavy (non-hydrogen) atoms. The Morgan fingerprint density at radius 3 is 1.55 bits per heavy atom. The highest BCUT2D eigenvalue weighted by Gasteiger charge is 2.17. The molecule has 7 aromatic carbocycles. The summed E-state index contributed by atoms with van der Waals surface area (Å²) in [6.45, 7) is 0. The molecule has 0 aliphatic heterocycles. The van der Waals surface area contributed by atoms with Crippen molar-refractivity contribution in [2.45, 2.75) is 0 Å². The Labute approximate surface area is 284 Å². The minimum absolute atomic E-state index is 0.686. The van der Waals surface area contributed by atoms with Gasteiger partial charge in [-0.25, -0.2) is 9.97 Å². The molecule has 2 aromatic heterocycles. The predicted octanol–water partition coefficient (Wildman–Crippen LogP) is 12.4. The van der Waals surface area contributed by atoms with Gasteiger partial charge in [0.25, 0.3) is 0 Å². The van der Waals surface area contributed by atoms with Crippen LogP contribution in [0.2, 0.25) is 0 Å². The van der Waals surface area contributed by atoms with Crippen molar-refractivity contribution in [2.75, 3.05) is 0 Å². The molecule has 0 saturated carbocycles. The summed E-state index contributed by atoms with van der Waals surface area (Å²) in [6.07, 6.45) is 0. The lowest BCUT2D eigenvalue weighted by molar-refractivity contribution is 0.670. The summed E-state index contributed by atoms with van der Waals surface area (Å²) in [5, 5.41) is 2.22. The van der Waals surface area contributed by atoms with E-state index in [1.807, 2.05) is 36.4 Å². The Morgan fingerprint density at radius 1 is 0.327 bits per heavy atom. The van der Waals surface area contributed by atoms with Crippen molar-refractivity contribution in [1.82, 2.24) is 9.97 Å². The molecular weight excluding hydrogens is 597 g/mol. The number of rotatable bonds is 6. The Morgan fingerprint density at radius 2 is 0.837 bits per heavy atom. The molecule has 0 bridgehead atoms. The van der Waals surface area contributed by atoms with Gasteiger partial charge < -0.3 is 4.42 Å². The molecule has 3 nitrogen and oxygen atoms in total. The maximum Gasteiger partial charge on any atom is 0.160 e. The minimum atomic E-state index is 0.686. The van der Waals surface area contributed by atoms with Crippen molar-refractivity contribution in [3.05, 3.63) is 182 Å². The van der Waals surface area contributed by atoms with Gasteiger partial charge in [0, 0.05) is 33.0 Å². The highest BCUT2D eigenvalue weighted by molar-refractivity contribution is 6.09. The first-order valence-corrected chi connectivity index (χ1v) is 16.5.